The zero-order valence-corrected chi connectivity index (χ0v) is 8.02. The van der Waals surface area contributed by atoms with E-state index in [2.05, 4.69) is 10.3 Å². The van der Waals surface area contributed by atoms with Crippen molar-refractivity contribution >= 4 is 12.4 Å². The van der Waals surface area contributed by atoms with Crippen molar-refractivity contribution in [2.45, 2.75) is 6.54 Å². The maximum atomic E-state index is 4.96. The summed E-state index contributed by atoms with van der Waals surface area (Å²) in [4.78, 5) is 4.20. The second-order valence-corrected chi connectivity index (χ2v) is 2.20. The van der Waals surface area contributed by atoms with Crippen LogP contribution in [-0.2, 0) is 6.54 Å². The molecule has 1 heterocycles. The smallest absolute Gasteiger partial charge is 0.213 e. The number of aromatic nitrogens is 1. The van der Waals surface area contributed by atoms with E-state index in [0.29, 0.717) is 5.88 Å². The van der Waals surface area contributed by atoms with Gasteiger partial charge in [0, 0.05) is 12.6 Å². The minimum Gasteiger partial charge on any atom is -0.481 e. The van der Waals surface area contributed by atoms with E-state index in [-0.39, 0.29) is 12.4 Å². The highest BCUT2D eigenvalue weighted by molar-refractivity contribution is 5.85. The van der Waals surface area contributed by atoms with Crippen LogP contribution < -0.4 is 10.1 Å². The zero-order valence-electron chi connectivity index (χ0n) is 7.20. The van der Waals surface area contributed by atoms with E-state index >= 15 is 0 Å². The summed E-state index contributed by atoms with van der Waals surface area (Å²) in [6, 6.07) is 5.72. The van der Waals surface area contributed by atoms with E-state index in [4.69, 9.17) is 4.74 Å². The first-order chi connectivity index (χ1) is 5.36. The van der Waals surface area contributed by atoms with Gasteiger partial charge in [-0.1, -0.05) is 6.07 Å². The normalized spacial score (nSPS) is 8.83. The molecule has 0 atom stereocenters. The van der Waals surface area contributed by atoms with Gasteiger partial charge in [-0.2, -0.15) is 0 Å². The maximum Gasteiger partial charge on any atom is 0.213 e. The second kappa shape index (κ2) is 5.80. The average molecular weight is 189 g/mol. The lowest BCUT2D eigenvalue weighted by Crippen LogP contribution is -2.06. The molecule has 0 unspecified atom stereocenters. The van der Waals surface area contributed by atoms with E-state index in [1.54, 1.807) is 7.11 Å². The van der Waals surface area contributed by atoms with Gasteiger partial charge in [-0.25, -0.2) is 4.98 Å². The number of rotatable bonds is 3. The Morgan fingerprint density at radius 3 is 2.83 bits per heavy atom. The minimum absolute atomic E-state index is 0. The molecule has 1 aromatic rings. The number of nitrogens with one attached hydrogen (secondary N) is 1. The van der Waals surface area contributed by atoms with Crippen molar-refractivity contribution in [2.75, 3.05) is 14.2 Å². The average Bonchev–Trinajstić information content (AvgIpc) is 2.06. The van der Waals surface area contributed by atoms with Crippen molar-refractivity contribution in [1.82, 2.24) is 10.3 Å². The minimum atomic E-state index is 0. The van der Waals surface area contributed by atoms with Crippen LogP contribution in [0.5, 0.6) is 5.88 Å². The van der Waals surface area contributed by atoms with Crippen LogP contribution in [0.4, 0.5) is 0 Å². The van der Waals surface area contributed by atoms with Gasteiger partial charge < -0.3 is 10.1 Å². The van der Waals surface area contributed by atoms with Crippen LogP contribution in [0.3, 0.4) is 0 Å². The molecular weight excluding hydrogens is 176 g/mol. The molecule has 0 saturated heterocycles. The molecule has 0 bridgehead atoms. The zero-order chi connectivity index (χ0) is 8.10. The molecule has 0 amide bonds. The number of hydrogen-bond acceptors (Lipinski definition) is 3. The first-order valence-corrected chi connectivity index (χ1v) is 3.51. The Kier molecular flexibility index (Phi) is 5.41. The van der Waals surface area contributed by atoms with Gasteiger partial charge in [-0.05, 0) is 13.1 Å². The molecule has 0 spiro atoms. The quantitative estimate of drug-likeness (QED) is 0.775. The summed E-state index contributed by atoms with van der Waals surface area (Å²) >= 11 is 0. The number of halogens is 1. The summed E-state index contributed by atoms with van der Waals surface area (Å²) in [5, 5.41) is 3.02. The third-order valence-corrected chi connectivity index (χ3v) is 1.35. The fourth-order valence-corrected chi connectivity index (χ4v) is 0.851. The van der Waals surface area contributed by atoms with Crippen molar-refractivity contribution in [3.05, 3.63) is 23.9 Å². The Morgan fingerprint density at radius 1 is 1.50 bits per heavy atom. The lowest BCUT2D eigenvalue weighted by molar-refractivity contribution is 0.396. The van der Waals surface area contributed by atoms with E-state index < -0.39 is 0 Å². The molecule has 12 heavy (non-hydrogen) atoms. The van der Waals surface area contributed by atoms with Crippen molar-refractivity contribution in [2.24, 2.45) is 0 Å². The summed E-state index contributed by atoms with van der Waals surface area (Å²) < 4.78 is 4.96. The van der Waals surface area contributed by atoms with E-state index in [9.17, 15) is 0 Å². The summed E-state index contributed by atoms with van der Waals surface area (Å²) in [5.74, 6) is 0.665. The molecule has 0 aliphatic heterocycles. The second-order valence-electron chi connectivity index (χ2n) is 2.20. The summed E-state index contributed by atoms with van der Waals surface area (Å²) in [5.41, 5.74) is 0.992. The lowest BCUT2D eigenvalue weighted by Gasteiger charge is -2.01. The molecular formula is C8H13ClN2O. The van der Waals surface area contributed by atoms with Crippen molar-refractivity contribution in [1.29, 1.82) is 0 Å². The van der Waals surface area contributed by atoms with Crippen molar-refractivity contribution in [3.63, 3.8) is 0 Å². The van der Waals surface area contributed by atoms with Crippen LogP contribution in [0.1, 0.15) is 5.69 Å². The number of methoxy groups -OCH3 is 1. The van der Waals surface area contributed by atoms with Crippen LogP contribution in [0, 0.1) is 0 Å². The van der Waals surface area contributed by atoms with Gasteiger partial charge in [0.1, 0.15) is 0 Å². The van der Waals surface area contributed by atoms with Gasteiger partial charge in [0.25, 0.3) is 0 Å². The largest absolute Gasteiger partial charge is 0.481 e. The molecule has 0 radical (unpaired) electrons. The highest BCUT2D eigenvalue weighted by atomic mass is 35.5. The number of nitrogens with zero attached hydrogens (tertiary/aromatic N) is 1. The SMILES string of the molecule is CNCc1cccc(OC)n1.Cl. The molecule has 4 heteroatoms. The summed E-state index contributed by atoms with van der Waals surface area (Å²) in [6.07, 6.45) is 0. The highest BCUT2D eigenvalue weighted by Gasteiger charge is 1.94. The monoisotopic (exact) mass is 188 g/mol. The van der Waals surface area contributed by atoms with Crippen LogP contribution >= 0.6 is 12.4 Å². The van der Waals surface area contributed by atoms with Gasteiger partial charge in [-0.3, -0.25) is 0 Å². The molecule has 1 rings (SSSR count). The maximum absolute atomic E-state index is 4.96. The Labute approximate surface area is 78.6 Å². The standard InChI is InChI=1S/C8H12N2O.ClH/c1-9-6-7-4-3-5-8(10-7)11-2;/h3-5,9H,6H2,1-2H3;1H. The van der Waals surface area contributed by atoms with Gasteiger partial charge in [0.05, 0.1) is 12.8 Å². The predicted octanol–water partition coefficient (Wildman–Crippen LogP) is 1.23. The van der Waals surface area contributed by atoms with Crippen molar-refractivity contribution < 1.29 is 4.74 Å². The van der Waals surface area contributed by atoms with Crippen LogP contribution in [0.2, 0.25) is 0 Å². The molecule has 3 nitrogen and oxygen atoms in total. The molecule has 0 aromatic carbocycles. The van der Waals surface area contributed by atoms with Gasteiger partial charge in [0.15, 0.2) is 0 Å². The fourth-order valence-electron chi connectivity index (χ4n) is 0.851. The van der Waals surface area contributed by atoms with Crippen LogP contribution in [-0.4, -0.2) is 19.1 Å². The Morgan fingerprint density at radius 2 is 2.25 bits per heavy atom. The van der Waals surface area contributed by atoms with Crippen LogP contribution in [0.25, 0.3) is 0 Å². The number of pyridine rings is 1. The van der Waals surface area contributed by atoms with Crippen molar-refractivity contribution in [3.8, 4) is 5.88 Å². The van der Waals surface area contributed by atoms with Gasteiger partial charge in [0.2, 0.25) is 5.88 Å². The summed E-state index contributed by atoms with van der Waals surface area (Å²) in [7, 11) is 3.51. The molecule has 0 saturated carbocycles. The van der Waals surface area contributed by atoms with E-state index in [1.807, 2.05) is 25.2 Å². The fraction of sp³-hybridized carbons (Fsp3) is 0.375. The van der Waals surface area contributed by atoms with E-state index in [1.165, 1.54) is 0 Å². The first-order valence-electron chi connectivity index (χ1n) is 3.51. The van der Waals surface area contributed by atoms with Gasteiger partial charge in [-0.15, -0.1) is 12.4 Å². The molecule has 1 N–H and O–H groups in total. The third-order valence-electron chi connectivity index (χ3n) is 1.35. The molecule has 68 valence electrons. The Balaban J connectivity index is 0.00000121. The predicted molar refractivity (Wildman–Crippen MR) is 50.8 cm³/mol. The molecule has 0 aliphatic rings. The Hall–Kier alpha value is -0.800. The molecule has 0 fully saturated rings. The number of hydrogen-bond donors (Lipinski definition) is 1. The number of ether oxygens (including phenoxy) is 1. The first kappa shape index (κ1) is 11.2. The highest BCUT2D eigenvalue weighted by Crippen LogP contribution is 2.05. The van der Waals surface area contributed by atoms with E-state index in [0.717, 1.165) is 12.2 Å². The lowest BCUT2D eigenvalue weighted by atomic mass is 10.3. The molecule has 0 aliphatic carbocycles. The molecule has 1 aromatic heterocycles. The van der Waals surface area contributed by atoms with Crippen LogP contribution in [0.15, 0.2) is 18.2 Å². The topological polar surface area (TPSA) is 34.1 Å². The Bertz CT molecular complexity index is 230. The summed E-state index contributed by atoms with van der Waals surface area (Å²) in [6.45, 7) is 0.775. The van der Waals surface area contributed by atoms with Gasteiger partial charge >= 0.3 is 0 Å². The third kappa shape index (κ3) is 3.07.